The molecule has 0 spiro atoms. The fourth-order valence-corrected chi connectivity index (χ4v) is 5.69. The van der Waals surface area contributed by atoms with Crippen LogP contribution in [0.15, 0.2) is 97.1 Å². The molecule has 1 fully saturated rings. The maximum absolute atomic E-state index is 5.59. The Bertz CT molecular complexity index is 1480. The zero-order valence-corrected chi connectivity index (χ0v) is 23.2. The molecule has 1 saturated heterocycles. The third kappa shape index (κ3) is 6.24. The van der Waals surface area contributed by atoms with Crippen LogP contribution in [0.5, 0.6) is 5.75 Å². The SMILES string of the molecule is COc1ccccc1N1CCN(CCCN(Cc2ccc3ccccc3n2)Cc2ccc3ccccc3n2)CC1. The number of nitrogens with zero attached hydrogens (tertiary/aromatic N) is 5. The smallest absolute Gasteiger partial charge is 0.142 e. The summed E-state index contributed by atoms with van der Waals surface area (Å²) in [5.41, 5.74) is 5.50. The average molecular weight is 532 g/mol. The van der Waals surface area contributed by atoms with Crippen LogP contribution < -0.4 is 9.64 Å². The largest absolute Gasteiger partial charge is 0.495 e. The fourth-order valence-electron chi connectivity index (χ4n) is 5.69. The number of anilines is 1. The maximum atomic E-state index is 5.59. The summed E-state index contributed by atoms with van der Waals surface area (Å²) in [6, 6.07) is 33.7. The summed E-state index contributed by atoms with van der Waals surface area (Å²) >= 11 is 0. The standard InChI is InChI=1S/C34H37N5O/c1-40-34-14-7-6-13-33(34)39-23-21-37(22-24-39)19-8-20-38(25-29-17-15-27-9-2-4-11-31(27)35-29)26-30-18-16-28-10-3-5-12-32(28)36-30/h2-7,9-18H,8,19-26H2,1H3. The third-order valence-electron chi connectivity index (χ3n) is 7.83. The molecule has 0 N–H and O–H groups in total. The van der Waals surface area contributed by atoms with Gasteiger partial charge in [0.05, 0.1) is 35.2 Å². The molecule has 1 aliphatic heterocycles. The van der Waals surface area contributed by atoms with Crippen LogP contribution in [0, 0.1) is 0 Å². The zero-order chi connectivity index (χ0) is 27.1. The van der Waals surface area contributed by atoms with Crippen molar-refractivity contribution in [3.05, 3.63) is 108 Å². The molecule has 2 aromatic heterocycles. The summed E-state index contributed by atoms with van der Waals surface area (Å²) in [4.78, 5) is 17.5. The molecule has 0 atom stereocenters. The van der Waals surface area contributed by atoms with Crippen molar-refractivity contribution in [1.82, 2.24) is 19.8 Å². The maximum Gasteiger partial charge on any atom is 0.142 e. The highest BCUT2D eigenvalue weighted by atomic mass is 16.5. The van der Waals surface area contributed by atoms with E-state index in [0.717, 1.165) is 86.9 Å². The second-order valence-electron chi connectivity index (χ2n) is 10.6. The zero-order valence-electron chi connectivity index (χ0n) is 23.2. The van der Waals surface area contributed by atoms with Crippen molar-refractivity contribution < 1.29 is 4.74 Å². The summed E-state index contributed by atoms with van der Waals surface area (Å²) in [5, 5.41) is 2.36. The first-order chi connectivity index (χ1) is 19.7. The molecular weight excluding hydrogens is 494 g/mol. The van der Waals surface area contributed by atoms with Gasteiger partial charge in [-0.05, 0) is 49.4 Å². The highest BCUT2D eigenvalue weighted by Crippen LogP contribution is 2.28. The number of piperazine rings is 1. The van der Waals surface area contributed by atoms with E-state index in [1.54, 1.807) is 7.11 Å². The van der Waals surface area contributed by atoms with Gasteiger partial charge in [-0.1, -0.05) is 60.7 Å². The van der Waals surface area contributed by atoms with Gasteiger partial charge in [0.25, 0.3) is 0 Å². The van der Waals surface area contributed by atoms with Gasteiger partial charge in [0, 0.05) is 56.6 Å². The van der Waals surface area contributed by atoms with Gasteiger partial charge < -0.3 is 9.64 Å². The van der Waals surface area contributed by atoms with E-state index in [-0.39, 0.29) is 0 Å². The van der Waals surface area contributed by atoms with E-state index in [4.69, 9.17) is 14.7 Å². The molecule has 6 heteroatoms. The second kappa shape index (κ2) is 12.5. The van der Waals surface area contributed by atoms with Crippen LogP contribution in [0.3, 0.4) is 0 Å². The lowest BCUT2D eigenvalue weighted by Crippen LogP contribution is -2.47. The van der Waals surface area contributed by atoms with Crippen LogP contribution in [0.25, 0.3) is 21.8 Å². The molecule has 6 nitrogen and oxygen atoms in total. The van der Waals surface area contributed by atoms with E-state index in [1.807, 2.05) is 12.1 Å². The number of methoxy groups -OCH3 is 1. The van der Waals surface area contributed by atoms with E-state index in [0.29, 0.717) is 0 Å². The topological polar surface area (TPSA) is 44.7 Å². The van der Waals surface area contributed by atoms with Gasteiger partial charge in [-0.15, -0.1) is 0 Å². The van der Waals surface area contributed by atoms with Crippen molar-refractivity contribution in [3.63, 3.8) is 0 Å². The highest BCUT2D eigenvalue weighted by molar-refractivity contribution is 5.79. The number of benzene rings is 3. The molecule has 0 saturated carbocycles. The summed E-state index contributed by atoms with van der Waals surface area (Å²) in [5.74, 6) is 0.955. The molecule has 0 bridgehead atoms. The number of aromatic nitrogens is 2. The van der Waals surface area contributed by atoms with E-state index >= 15 is 0 Å². The molecule has 204 valence electrons. The van der Waals surface area contributed by atoms with Gasteiger partial charge in [0.15, 0.2) is 0 Å². The molecule has 0 aliphatic carbocycles. The number of hydrogen-bond donors (Lipinski definition) is 0. The first kappa shape index (κ1) is 26.2. The molecule has 0 amide bonds. The minimum atomic E-state index is 0.806. The molecule has 3 aromatic carbocycles. The van der Waals surface area contributed by atoms with Crippen LogP contribution in [0.4, 0.5) is 5.69 Å². The van der Waals surface area contributed by atoms with E-state index in [9.17, 15) is 0 Å². The average Bonchev–Trinajstić information content (AvgIpc) is 3.01. The number of fused-ring (bicyclic) bond motifs is 2. The lowest BCUT2D eigenvalue weighted by atomic mass is 10.2. The van der Waals surface area contributed by atoms with Crippen LogP contribution in [0.1, 0.15) is 17.8 Å². The normalized spacial score (nSPS) is 14.3. The predicted octanol–water partition coefficient (Wildman–Crippen LogP) is 6.01. The fraction of sp³-hybridized carbons (Fsp3) is 0.294. The number of rotatable bonds is 10. The Labute approximate surface area is 236 Å². The Hall–Kier alpha value is -4.00. The minimum absolute atomic E-state index is 0.806. The Morgan fingerprint density at radius 2 is 1.25 bits per heavy atom. The van der Waals surface area contributed by atoms with Gasteiger partial charge in [0.2, 0.25) is 0 Å². The summed E-state index contributed by atoms with van der Waals surface area (Å²) in [6.45, 7) is 7.87. The summed E-state index contributed by atoms with van der Waals surface area (Å²) in [6.07, 6.45) is 1.11. The number of hydrogen-bond acceptors (Lipinski definition) is 6. The lowest BCUT2D eigenvalue weighted by molar-refractivity contribution is 0.207. The first-order valence-corrected chi connectivity index (χ1v) is 14.3. The lowest BCUT2D eigenvalue weighted by Gasteiger charge is -2.37. The number of ether oxygens (including phenoxy) is 1. The molecule has 0 unspecified atom stereocenters. The van der Waals surface area contributed by atoms with E-state index in [1.165, 1.54) is 16.5 Å². The minimum Gasteiger partial charge on any atom is -0.495 e. The van der Waals surface area contributed by atoms with Crippen molar-refractivity contribution >= 4 is 27.5 Å². The predicted molar refractivity (Wildman–Crippen MR) is 164 cm³/mol. The quantitative estimate of drug-likeness (QED) is 0.220. The van der Waals surface area contributed by atoms with Crippen LogP contribution in [-0.2, 0) is 13.1 Å². The highest BCUT2D eigenvalue weighted by Gasteiger charge is 2.20. The molecule has 40 heavy (non-hydrogen) atoms. The Morgan fingerprint density at radius 3 is 1.88 bits per heavy atom. The molecule has 3 heterocycles. The van der Waals surface area contributed by atoms with Crippen LogP contribution >= 0.6 is 0 Å². The van der Waals surface area contributed by atoms with Gasteiger partial charge in [-0.3, -0.25) is 19.8 Å². The number of para-hydroxylation sites is 4. The summed E-state index contributed by atoms with van der Waals surface area (Å²) in [7, 11) is 1.75. The van der Waals surface area contributed by atoms with Crippen LogP contribution in [-0.4, -0.2) is 66.1 Å². The second-order valence-corrected chi connectivity index (χ2v) is 10.6. The van der Waals surface area contributed by atoms with E-state index < -0.39 is 0 Å². The van der Waals surface area contributed by atoms with Crippen molar-refractivity contribution in [3.8, 4) is 5.75 Å². The third-order valence-corrected chi connectivity index (χ3v) is 7.83. The molecular formula is C34H37N5O. The van der Waals surface area contributed by atoms with Crippen LogP contribution in [0.2, 0.25) is 0 Å². The number of pyridine rings is 2. The Balaban J connectivity index is 1.10. The van der Waals surface area contributed by atoms with Crippen molar-refractivity contribution in [2.75, 3.05) is 51.3 Å². The van der Waals surface area contributed by atoms with Crippen molar-refractivity contribution in [1.29, 1.82) is 0 Å². The summed E-state index contributed by atoms with van der Waals surface area (Å²) < 4.78 is 5.59. The molecule has 6 rings (SSSR count). The van der Waals surface area contributed by atoms with Crippen molar-refractivity contribution in [2.24, 2.45) is 0 Å². The molecule has 1 aliphatic rings. The van der Waals surface area contributed by atoms with Gasteiger partial charge in [-0.2, -0.15) is 0 Å². The Kier molecular flexibility index (Phi) is 8.17. The first-order valence-electron chi connectivity index (χ1n) is 14.3. The van der Waals surface area contributed by atoms with Gasteiger partial charge >= 0.3 is 0 Å². The van der Waals surface area contributed by atoms with Crippen molar-refractivity contribution in [2.45, 2.75) is 19.5 Å². The molecule has 0 radical (unpaired) electrons. The Morgan fingerprint density at radius 1 is 0.675 bits per heavy atom. The van der Waals surface area contributed by atoms with E-state index in [2.05, 4.69) is 99.6 Å². The monoisotopic (exact) mass is 531 g/mol. The molecule has 5 aromatic rings. The van der Waals surface area contributed by atoms with Gasteiger partial charge in [-0.25, -0.2) is 0 Å². The van der Waals surface area contributed by atoms with Gasteiger partial charge in [0.1, 0.15) is 5.75 Å².